The fourth-order valence-electron chi connectivity index (χ4n) is 8.49. The second-order valence-corrected chi connectivity index (χ2v) is 14.9. The van der Waals surface area contributed by atoms with Crippen LogP contribution in [0.3, 0.4) is 0 Å². The Bertz CT molecular complexity index is 2010. The number of halogens is 2. The van der Waals surface area contributed by atoms with Gasteiger partial charge in [-0.1, -0.05) is 6.08 Å². The van der Waals surface area contributed by atoms with Gasteiger partial charge in [-0.05, 0) is 88.5 Å². The number of aryl methyl sites for hydroxylation is 1. The number of ether oxygens (including phenoxy) is 2. The number of epoxide rings is 1. The molecule has 4 aromatic rings. The van der Waals surface area contributed by atoms with E-state index >= 15 is 0 Å². The maximum Gasteiger partial charge on any atom is 0.258 e. The fourth-order valence-corrected chi connectivity index (χ4v) is 8.49. The molecule has 2 saturated carbocycles. The topological polar surface area (TPSA) is 115 Å². The van der Waals surface area contributed by atoms with Gasteiger partial charge in [-0.25, -0.2) is 18.7 Å². The van der Waals surface area contributed by atoms with E-state index in [1.165, 1.54) is 12.8 Å². The van der Waals surface area contributed by atoms with Crippen molar-refractivity contribution < 1.29 is 23.0 Å². The lowest BCUT2D eigenvalue weighted by atomic mass is 9.84. The molecule has 4 fully saturated rings. The number of carbonyl (C=O) groups excluding carboxylic acids is 1. The van der Waals surface area contributed by atoms with Crippen LogP contribution in [0.1, 0.15) is 86.1 Å². The first-order valence-electron chi connectivity index (χ1n) is 17.7. The number of hydrogen-bond donors (Lipinski definition) is 2. The minimum Gasteiger partial charge on any atom is -0.482 e. The molecule has 10 nitrogen and oxygen atoms in total. The number of pyridine rings is 2. The Hall–Kier alpha value is -3.87. The molecule has 7 heterocycles. The van der Waals surface area contributed by atoms with Gasteiger partial charge in [0, 0.05) is 60.2 Å². The molecule has 2 unspecified atom stereocenters. The summed E-state index contributed by atoms with van der Waals surface area (Å²) in [7, 11) is 1.62. The van der Waals surface area contributed by atoms with E-state index in [1.54, 1.807) is 13.2 Å². The summed E-state index contributed by atoms with van der Waals surface area (Å²) < 4.78 is 43.4. The lowest BCUT2D eigenvalue weighted by molar-refractivity contribution is -0.0482. The van der Waals surface area contributed by atoms with E-state index in [2.05, 4.69) is 35.0 Å². The van der Waals surface area contributed by atoms with Crippen LogP contribution in [0.2, 0.25) is 0 Å². The van der Waals surface area contributed by atoms with Gasteiger partial charge in [0.25, 0.3) is 5.91 Å². The smallest absolute Gasteiger partial charge is 0.258 e. The van der Waals surface area contributed by atoms with Gasteiger partial charge in [0.1, 0.15) is 29.3 Å². The second-order valence-electron chi connectivity index (χ2n) is 14.9. The van der Waals surface area contributed by atoms with E-state index in [0.29, 0.717) is 35.9 Å². The molecule has 1 amide bonds. The molecule has 9 rings (SSSR count). The van der Waals surface area contributed by atoms with Crippen molar-refractivity contribution in [2.24, 2.45) is 17.6 Å². The molecule has 5 aliphatic rings. The Balaban J connectivity index is 1.02. The molecule has 258 valence electrons. The van der Waals surface area contributed by atoms with Gasteiger partial charge in [-0.2, -0.15) is 0 Å². The van der Waals surface area contributed by atoms with Crippen LogP contribution in [0.25, 0.3) is 28.1 Å². The van der Waals surface area contributed by atoms with Crippen molar-refractivity contribution in [3.8, 4) is 17.3 Å². The monoisotopic (exact) mass is 671 g/mol. The van der Waals surface area contributed by atoms with Crippen molar-refractivity contribution in [2.45, 2.75) is 108 Å². The molecule has 49 heavy (non-hydrogen) atoms. The number of carbonyl (C=O) groups is 1. The summed E-state index contributed by atoms with van der Waals surface area (Å²) in [5, 5.41) is 4.58. The van der Waals surface area contributed by atoms with E-state index in [1.807, 2.05) is 28.4 Å². The number of rotatable bonds is 9. The minimum absolute atomic E-state index is 0.0152. The molecule has 2 aliphatic carbocycles. The molecule has 0 radical (unpaired) electrons. The third-order valence-electron chi connectivity index (χ3n) is 11.5. The van der Waals surface area contributed by atoms with Gasteiger partial charge in [-0.15, -0.1) is 0 Å². The van der Waals surface area contributed by atoms with Crippen molar-refractivity contribution in [3.05, 3.63) is 59.1 Å². The molecule has 2 bridgehead atoms. The molecule has 4 aromatic heterocycles. The molecular formula is C37H43F2N7O3. The number of methoxy groups -OCH3 is 1. The van der Waals surface area contributed by atoms with Crippen molar-refractivity contribution >= 4 is 22.6 Å². The van der Waals surface area contributed by atoms with Crippen LogP contribution < -0.4 is 15.8 Å². The third-order valence-corrected chi connectivity index (χ3v) is 11.5. The average molecular weight is 672 g/mol. The van der Waals surface area contributed by atoms with Crippen LogP contribution >= 0.6 is 0 Å². The summed E-state index contributed by atoms with van der Waals surface area (Å²) in [6.45, 7) is 4.96. The number of amides is 1. The van der Waals surface area contributed by atoms with Crippen LogP contribution in [0.5, 0.6) is 5.88 Å². The highest BCUT2D eigenvalue weighted by Crippen LogP contribution is 2.44. The predicted molar refractivity (Wildman–Crippen MR) is 180 cm³/mol. The summed E-state index contributed by atoms with van der Waals surface area (Å²) >= 11 is 0. The van der Waals surface area contributed by atoms with Crippen LogP contribution in [0.4, 0.5) is 8.78 Å². The quantitative estimate of drug-likeness (QED) is 0.207. The first-order chi connectivity index (χ1) is 23.6. The fraction of sp³-hybridized carbons (Fsp3) is 0.541. The van der Waals surface area contributed by atoms with Gasteiger partial charge in [0.2, 0.25) is 5.92 Å². The van der Waals surface area contributed by atoms with E-state index in [-0.39, 0.29) is 55.1 Å². The Labute approximate surface area is 283 Å². The first kappa shape index (κ1) is 31.1. The normalized spacial score (nSPS) is 26.9. The van der Waals surface area contributed by atoms with Crippen LogP contribution in [-0.2, 0) is 11.3 Å². The zero-order valence-corrected chi connectivity index (χ0v) is 28.2. The Morgan fingerprint density at radius 3 is 2.65 bits per heavy atom. The molecule has 3 N–H and O–H groups in total. The Kier molecular flexibility index (Phi) is 7.20. The number of hydrogen-bond acceptors (Lipinski definition) is 7. The van der Waals surface area contributed by atoms with Crippen molar-refractivity contribution in [1.29, 1.82) is 0 Å². The first-order valence-corrected chi connectivity index (χ1v) is 17.7. The lowest BCUT2D eigenvalue weighted by Gasteiger charge is -2.27. The van der Waals surface area contributed by atoms with Crippen molar-refractivity contribution in [1.82, 2.24) is 29.2 Å². The number of nitrogens with two attached hydrogens (primary N) is 1. The average Bonchev–Trinajstić information content (AvgIpc) is 3.91. The van der Waals surface area contributed by atoms with Crippen molar-refractivity contribution in [3.63, 3.8) is 0 Å². The Morgan fingerprint density at radius 2 is 1.96 bits per heavy atom. The largest absolute Gasteiger partial charge is 0.482 e. The molecule has 0 aromatic carbocycles. The zero-order chi connectivity index (χ0) is 33.8. The van der Waals surface area contributed by atoms with Crippen molar-refractivity contribution in [2.75, 3.05) is 7.11 Å². The highest BCUT2D eigenvalue weighted by Gasteiger charge is 2.49. The lowest BCUT2D eigenvalue weighted by Crippen LogP contribution is -2.31. The molecular weight excluding hydrogens is 628 g/mol. The number of nitrogens with zero attached hydrogens (tertiary/aromatic N) is 5. The van der Waals surface area contributed by atoms with Crippen LogP contribution in [-0.4, -0.2) is 67.2 Å². The molecule has 12 heteroatoms. The van der Waals surface area contributed by atoms with Gasteiger partial charge in [0.05, 0.1) is 24.2 Å². The Morgan fingerprint density at radius 1 is 1.16 bits per heavy atom. The highest BCUT2D eigenvalue weighted by molar-refractivity contribution is 5.98. The maximum absolute atomic E-state index is 13.8. The number of aromatic nitrogens is 4. The number of fused-ring (bicyclic) bond motifs is 4. The third kappa shape index (κ3) is 5.34. The van der Waals surface area contributed by atoms with Gasteiger partial charge in [0.15, 0.2) is 5.88 Å². The summed E-state index contributed by atoms with van der Waals surface area (Å²) in [4.78, 5) is 26.0. The molecule has 0 spiro atoms. The summed E-state index contributed by atoms with van der Waals surface area (Å²) in [6.07, 6.45) is 6.83. The van der Waals surface area contributed by atoms with E-state index in [4.69, 9.17) is 25.2 Å². The highest BCUT2D eigenvalue weighted by atomic mass is 19.3. The summed E-state index contributed by atoms with van der Waals surface area (Å²) in [5.41, 5.74) is 12.9. The molecule has 3 aliphatic heterocycles. The maximum atomic E-state index is 13.8. The minimum atomic E-state index is -2.54. The molecule has 2 saturated heterocycles. The standard InChI is InChI=1S/C37H43F2N7O3/c1-19(41-35-33(49-35)22-10-12-37(38,39)13-11-22)27-8-6-23-14-29(44(34(23)42-27)18-21-4-5-21)32-20(2)45-30(43-32)15-24(16-31(45)48-3)36(47)46-25-7-9-28(46)26(40)17-25/h6,8-9,14-16,19,21-22,25-26,33,35,41H,4-5,7,10-13,17-18,40H2,1-3H3/t19-,25+,26-,33?,35?/m1/s1. The van der Waals surface area contributed by atoms with E-state index < -0.39 is 5.92 Å². The number of nitrogens with one attached hydrogen (secondary N) is 1. The van der Waals surface area contributed by atoms with Gasteiger partial charge < -0.3 is 24.7 Å². The van der Waals surface area contributed by atoms with Gasteiger partial charge in [-0.3, -0.25) is 14.5 Å². The van der Waals surface area contributed by atoms with Gasteiger partial charge >= 0.3 is 0 Å². The predicted octanol–water partition coefficient (Wildman–Crippen LogP) is 6.11. The zero-order valence-electron chi connectivity index (χ0n) is 28.2. The second kappa shape index (κ2) is 11.3. The summed E-state index contributed by atoms with van der Waals surface area (Å²) in [6, 6.07) is 9.91. The van der Waals surface area contributed by atoms with E-state index in [9.17, 15) is 13.6 Å². The van der Waals surface area contributed by atoms with Crippen LogP contribution in [0, 0.1) is 18.8 Å². The number of alkyl halides is 2. The SMILES string of the molecule is COc1cc(C(=O)N2C3=CC[C@H]2C[C@H]3N)cc2nc(-c3cc4ccc([C@@H](C)NC5OC5C5CCC(F)(F)CC5)nc4n3CC3CC3)c(C)n12. The van der Waals surface area contributed by atoms with Crippen LogP contribution in [0.15, 0.2) is 42.1 Å². The number of imidazole rings is 1. The molecule has 5 atom stereocenters. The summed E-state index contributed by atoms with van der Waals surface area (Å²) in [5.74, 6) is -1.30. The van der Waals surface area contributed by atoms with E-state index in [0.717, 1.165) is 58.9 Å².